The number of rotatable bonds is 8. The third-order valence-corrected chi connectivity index (χ3v) is 5.84. The number of aliphatic imine (C=N–C) groups is 1. The highest BCUT2D eigenvalue weighted by molar-refractivity contribution is 5.85. The maximum Gasteiger partial charge on any atom is 0.409 e. The van der Waals surface area contributed by atoms with Crippen molar-refractivity contribution in [3.05, 3.63) is 0 Å². The number of nitrogens with zero attached hydrogens (tertiary/aromatic N) is 4. The van der Waals surface area contributed by atoms with Crippen molar-refractivity contribution < 1.29 is 14.3 Å². The van der Waals surface area contributed by atoms with Gasteiger partial charge in [-0.1, -0.05) is 13.8 Å². The number of amides is 2. The van der Waals surface area contributed by atoms with Crippen LogP contribution in [0.1, 0.15) is 46.5 Å². The molecule has 31 heavy (non-hydrogen) atoms. The quantitative estimate of drug-likeness (QED) is 0.439. The Balaban J connectivity index is 1.92. The first-order chi connectivity index (χ1) is 14.8. The van der Waals surface area contributed by atoms with Gasteiger partial charge >= 0.3 is 6.09 Å². The Kier molecular flexibility index (Phi) is 10.4. The second-order valence-corrected chi connectivity index (χ2v) is 9.12. The predicted molar refractivity (Wildman–Crippen MR) is 123 cm³/mol. The summed E-state index contributed by atoms with van der Waals surface area (Å²) in [6, 6.07) is 0.700. The first-order valence-corrected chi connectivity index (χ1v) is 11.7. The van der Waals surface area contributed by atoms with Crippen LogP contribution >= 0.6 is 0 Å². The molecule has 0 radical (unpaired) electrons. The number of likely N-dealkylation sites (tertiary alicyclic amines) is 2. The summed E-state index contributed by atoms with van der Waals surface area (Å²) in [4.78, 5) is 34.4. The molecule has 0 aromatic carbocycles. The van der Waals surface area contributed by atoms with E-state index in [1.54, 1.807) is 23.9 Å². The van der Waals surface area contributed by atoms with Crippen LogP contribution in [0.15, 0.2) is 4.99 Å². The highest BCUT2D eigenvalue weighted by Crippen LogP contribution is 2.18. The average Bonchev–Trinajstić information content (AvgIpc) is 3.16. The second-order valence-electron chi connectivity index (χ2n) is 9.12. The number of hydrogen-bond acceptors (Lipinski definition) is 5. The molecule has 2 aliphatic rings. The van der Waals surface area contributed by atoms with Crippen molar-refractivity contribution in [1.29, 1.82) is 0 Å². The first-order valence-electron chi connectivity index (χ1n) is 11.7. The molecule has 0 unspecified atom stereocenters. The van der Waals surface area contributed by atoms with Crippen LogP contribution in [0, 0.1) is 5.92 Å². The van der Waals surface area contributed by atoms with Crippen LogP contribution in [-0.2, 0) is 9.53 Å². The standard InChI is InChI=1S/C22H42N6O3/c1-6-31-22(30)27-12-9-18(10-13-27)25-21(24-15-20(29)26(4)5)23-14-19-8-7-11-28(19)16-17(2)3/h17-19H,6-16H2,1-5H3,(H2,23,24,25)/t19-/m1/s1. The van der Waals surface area contributed by atoms with Crippen molar-refractivity contribution in [2.24, 2.45) is 10.9 Å². The normalized spacial score (nSPS) is 20.8. The van der Waals surface area contributed by atoms with Gasteiger partial charge in [0, 0.05) is 52.4 Å². The van der Waals surface area contributed by atoms with Gasteiger partial charge in [-0.05, 0) is 45.1 Å². The van der Waals surface area contributed by atoms with Crippen molar-refractivity contribution >= 4 is 18.0 Å². The second kappa shape index (κ2) is 12.7. The minimum atomic E-state index is -0.240. The largest absolute Gasteiger partial charge is 0.450 e. The van der Waals surface area contributed by atoms with E-state index in [2.05, 4.69) is 34.4 Å². The van der Waals surface area contributed by atoms with Gasteiger partial charge in [0.05, 0.1) is 6.61 Å². The van der Waals surface area contributed by atoms with Gasteiger partial charge < -0.3 is 25.2 Å². The number of piperidine rings is 1. The van der Waals surface area contributed by atoms with E-state index in [0.717, 1.165) is 32.5 Å². The molecule has 0 bridgehead atoms. The van der Waals surface area contributed by atoms with Gasteiger partial charge in [-0.15, -0.1) is 0 Å². The molecule has 2 heterocycles. The van der Waals surface area contributed by atoms with Crippen LogP contribution in [0.3, 0.4) is 0 Å². The zero-order valence-electron chi connectivity index (χ0n) is 20.0. The average molecular weight is 439 g/mol. The summed E-state index contributed by atoms with van der Waals surface area (Å²) in [6.07, 6.45) is 3.82. The van der Waals surface area contributed by atoms with Crippen LogP contribution in [0.4, 0.5) is 4.79 Å². The lowest BCUT2D eigenvalue weighted by molar-refractivity contribution is -0.127. The van der Waals surface area contributed by atoms with Gasteiger partial charge in [0.15, 0.2) is 5.96 Å². The number of hydrogen-bond donors (Lipinski definition) is 2. The topological polar surface area (TPSA) is 89.5 Å². The highest BCUT2D eigenvalue weighted by Gasteiger charge is 2.27. The molecule has 1 atom stereocenters. The highest BCUT2D eigenvalue weighted by atomic mass is 16.6. The fourth-order valence-electron chi connectivity index (χ4n) is 4.11. The number of carbonyl (C=O) groups is 2. The maximum absolute atomic E-state index is 12.0. The number of guanidine groups is 1. The summed E-state index contributed by atoms with van der Waals surface area (Å²) in [5, 5.41) is 6.97. The number of nitrogens with one attached hydrogen (secondary N) is 2. The zero-order chi connectivity index (χ0) is 22.8. The van der Waals surface area contributed by atoms with Gasteiger partial charge in [0.2, 0.25) is 5.91 Å². The van der Waals surface area contributed by atoms with Gasteiger partial charge in [-0.3, -0.25) is 9.69 Å². The number of ether oxygens (including phenoxy) is 1. The fraction of sp³-hybridized carbons (Fsp3) is 0.864. The molecule has 178 valence electrons. The van der Waals surface area contributed by atoms with Gasteiger partial charge in [0.1, 0.15) is 6.54 Å². The molecular weight excluding hydrogens is 396 g/mol. The lowest BCUT2D eigenvalue weighted by Crippen LogP contribution is -2.52. The third kappa shape index (κ3) is 8.55. The zero-order valence-corrected chi connectivity index (χ0v) is 20.0. The molecule has 0 aromatic rings. The summed E-state index contributed by atoms with van der Waals surface area (Å²) < 4.78 is 5.10. The summed E-state index contributed by atoms with van der Waals surface area (Å²) in [6.45, 7) is 11.2. The Morgan fingerprint density at radius 1 is 1.16 bits per heavy atom. The predicted octanol–water partition coefficient (Wildman–Crippen LogP) is 1.35. The van der Waals surface area contributed by atoms with Gasteiger partial charge in [-0.2, -0.15) is 0 Å². The van der Waals surface area contributed by atoms with E-state index >= 15 is 0 Å². The maximum atomic E-state index is 12.0. The van der Waals surface area contributed by atoms with Crippen molar-refractivity contribution in [3.8, 4) is 0 Å². The SMILES string of the molecule is CCOC(=O)N1CCC(NC(=NCC(=O)N(C)C)NC[C@H]2CCCN2CC(C)C)CC1. The molecule has 2 amide bonds. The van der Waals surface area contributed by atoms with E-state index in [-0.39, 0.29) is 24.6 Å². The summed E-state index contributed by atoms with van der Waals surface area (Å²) >= 11 is 0. The summed E-state index contributed by atoms with van der Waals surface area (Å²) in [5.74, 6) is 1.30. The van der Waals surface area contributed by atoms with Crippen LogP contribution in [0.25, 0.3) is 0 Å². The molecule has 2 N–H and O–H groups in total. The Labute approximate surface area is 187 Å². The monoisotopic (exact) mass is 438 g/mol. The van der Waals surface area contributed by atoms with E-state index in [0.29, 0.717) is 37.6 Å². The molecule has 0 aromatic heterocycles. The van der Waals surface area contributed by atoms with Crippen molar-refractivity contribution in [2.75, 3.05) is 60.0 Å². The van der Waals surface area contributed by atoms with Crippen molar-refractivity contribution in [2.45, 2.75) is 58.5 Å². The number of carbonyl (C=O) groups excluding carboxylic acids is 2. The first kappa shape index (κ1) is 25.2. The van der Waals surface area contributed by atoms with Crippen LogP contribution in [-0.4, -0.2) is 105 Å². The van der Waals surface area contributed by atoms with E-state index in [1.165, 1.54) is 12.8 Å². The Morgan fingerprint density at radius 2 is 1.87 bits per heavy atom. The molecule has 0 spiro atoms. The molecule has 9 nitrogen and oxygen atoms in total. The Hall–Kier alpha value is -2.03. The fourth-order valence-corrected chi connectivity index (χ4v) is 4.11. The summed E-state index contributed by atoms with van der Waals surface area (Å²) in [5.41, 5.74) is 0. The van der Waals surface area contributed by atoms with E-state index in [9.17, 15) is 9.59 Å². The molecule has 0 aliphatic carbocycles. The Bertz CT molecular complexity index is 602. The molecule has 9 heteroatoms. The molecule has 2 fully saturated rings. The van der Waals surface area contributed by atoms with E-state index in [1.807, 2.05) is 6.92 Å². The van der Waals surface area contributed by atoms with Gasteiger partial charge in [0.25, 0.3) is 0 Å². The van der Waals surface area contributed by atoms with E-state index < -0.39 is 0 Å². The van der Waals surface area contributed by atoms with Crippen molar-refractivity contribution in [1.82, 2.24) is 25.3 Å². The van der Waals surface area contributed by atoms with E-state index in [4.69, 9.17) is 4.74 Å². The minimum absolute atomic E-state index is 0.0273. The van der Waals surface area contributed by atoms with Crippen molar-refractivity contribution in [3.63, 3.8) is 0 Å². The molecule has 2 saturated heterocycles. The minimum Gasteiger partial charge on any atom is -0.450 e. The lowest BCUT2D eigenvalue weighted by Gasteiger charge is -2.33. The third-order valence-electron chi connectivity index (χ3n) is 5.84. The number of likely N-dealkylation sites (N-methyl/N-ethyl adjacent to an activating group) is 1. The van der Waals surface area contributed by atoms with Crippen LogP contribution < -0.4 is 10.6 Å². The summed E-state index contributed by atoms with van der Waals surface area (Å²) in [7, 11) is 3.48. The molecule has 2 rings (SSSR count). The molecular formula is C22H42N6O3. The molecule has 0 saturated carbocycles. The smallest absolute Gasteiger partial charge is 0.409 e. The lowest BCUT2D eigenvalue weighted by atomic mass is 10.1. The Morgan fingerprint density at radius 3 is 2.48 bits per heavy atom. The van der Waals surface area contributed by atoms with Crippen LogP contribution in [0.5, 0.6) is 0 Å². The molecule has 2 aliphatic heterocycles. The van der Waals surface area contributed by atoms with Gasteiger partial charge in [-0.25, -0.2) is 9.79 Å². The van der Waals surface area contributed by atoms with Crippen LogP contribution in [0.2, 0.25) is 0 Å².